The number of alkyl carbamates (subject to hydrolysis) is 1. The first kappa shape index (κ1) is 34.3. The number of amides is 4. The minimum atomic E-state index is -1.31. The van der Waals surface area contributed by atoms with Gasteiger partial charge < -0.3 is 26.0 Å². The fraction of sp³-hybridized carbons (Fsp3) is 0.515. The van der Waals surface area contributed by atoms with E-state index in [1.807, 2.05) is 64.1 Å². The lowest BCUT2D eigenvalue weighted by Gasteiger charge is -2.35. The number of benzene rings is 2. The van der Waals surface area contributed by atoms with Crippen molar-refractivity contribution in [2.24, 2.45) is 5.73 Å². The zero-order valence-corrected chi connectivity index (χ0v) is 26.4. The van der Waals surface area contributed by atoms with Gasteiger partial charge in [-0.05, 0) is 71.6 Å². The molecule has 0 radical (unpaired) electrons. The predicted molar refractivity (Wildman–Crippen MR) is 166 cm³/mol. The number of aryl methyl sites for hydroxylation is 4. The van der Waals surface area contributed by atoms with Crippen molar-refractivity contribution in [1.29, 1.82) is 0 Å². The Morgan fingerprint density at radius 2 is 1.52 bits per heavy atom. The van der Waals surface area contributed by atoms with Gasteiger partial charge in [0.2, 0.25) is 11.8 Å². The third-order valence-electron chi connectivity index (χ3n) is 6.78. The molecule has 0 aliphatic heterocycles. The van der Waals surface area contributed by atoms with Crippen LogP contribution in [0.4, 0.5) is 10.5 Å². The number of primary amides is 1. The molecule has 2 unspecified atom stereocenters. The minimum absolute atomic E-state index is 0.238. The van der Waals surface area contributed by atoms with E-state index in [-0.39, 0.29) is 6.54 Å². The van der Waals surface area contributed by atoms with Gasteiger partial charge in [-0.2, -0.15) is 0 Å². The summed E-state index contributed by atoms with van der Waals surface area (Å²) in [6.45, 7) is 15.1. The molecule has 2 aromatic rings. The fourth-order valence-electron chi connectivity index (χ4n) is 4.97. The molecule has 9 nitrogen and oxygen atoms in total. The maximum Gasteiger partial charge on any atom is 0.408 e. The highest BCUT2D eigenvalue weighted by molar-refractivity contribution is 6.00. The Labute approximate surface area is 250 Å². The normalized spacial score (nSPS) is 12.7. The van der Waals surface area contributed by atoms with Crippen LogP contribution in [0.15, 0.2) is 36.4 Å². The summed E-state index contributed by atoms with van der Waals surface area (Å²) in [5, 5.41) is 5.61. The number of para-hydroxylation sites is 1. The van der Waals surface area contributed by atoms with Crippen LogP contribution >= 0.6 is 0 Å². The van der Waals surface area contributed by atoms with Gasteiger partial charge in [-0.3, -0.25) is 14.4 Å². The maximum atomic E-state index is 14.3. The molecule has 0 spiro atoms. The third-order valence-corrected chi connectivity index (χ3v) is 6.78. The fourth-order valence-corrected chi connectivity index (χ4v) is 4.97. The van der Waals surface area contributed by atoms with Crippen LogP contribution in [0.3, 0.4) is 0 Å². The predicted octanol–water partition coefficient (Wildman–Crippen LogP) is 5.78. The zero-order chi connectivity index (χ0) is 31.6. The lowest BCUT2D eigenvalue weighted by Crippen LogP contribution is -2.53. The van der Waals surface area contributed by atoms with Gasteiger partial charge in [0.1, 0.15) is 17.7 Å². The molecule has 4 N–H and O–H groups in total. The third kappa shape index (κ3) is 10.5. The number of unbranched alkanes of at least 4 members (excludes halogenated alkanes) is 3. The molecule has 0 saturated heterocycles. The number of nitrogens with one attached hydrogen (secondary N) is 2. The van der Waals surface area contributed by atoms with Gasteiger partial charge in [-0.15, -0.1) is 0 Å². The van der Waals surface area contributed by atoms with Gasteiger partial charge in [0, 0.05) is 12.2 Å². The van der Waals surface area contributed by atoms with Crippen LogP contribution in [0.2, 0.25) is 0 Å². The van der Waals surface area contributed by atoms with Gasteiger partial charge >= 0.3 is 6.09 Å². The van der Waals surface area contributed by atoms with Crippen LogP contribution in [0.1, 0.15) is 93.7 Å². The highest BCUT2D eigenvalue weighted by atomic mass is 16.6. The molecule has 230 valence electrons. The average Bonchev–Trinajstić information content (AvgIpc) is 2.85. The number of ether oxygens (including phenoxy) is 1. The van der Waals surface area contributed by atoms with Crippen molar-refractivity contribution < 1.29 is 23.9 Å². The smallest absolute Gasteiger partial charge is 0.408 e. The summed E-state index contributed by atoms with van der Waals surface area (Å²) in [7, 11) is 0. The van der Waals surface area contributed by atoms with Gasteiger partial charge in [0.25, 0.3) is 5.91 Å². The Hall–Kier alpha value is -3.88. The molecule has 0 heterocycles. The van der Waals surface area contributed by atoms with E-state index in [0.29, 0.717) is 17.7 Å². The second-order valence-electron chi connectivity index (χ2n) is 12.0. The molecule has 42 heavy (non-hydrogen) atoms. The number of hydrogen-bond acceptors (Lipinski definition) is 5. The van der Waals surface area contributed by atoms with Crippen LogP contribution in [0.5, 0.6) is 0 Å². The zero-order valence-electron chi connectivity index (χ0n) is 26.4. The van der Waals surface area contributed by atoms with Crippen LogP contribution in [0, 0.1) is 27.7 Å². The molecular weight excluding hydrogens is 532 g/mol. The number of carbonyl (C=O) groups is 4. The Kier molecular flexibility index (Phi) is 12.6. The molecule has 9 heteroatoms. The minimum Gasteiger partial charge on any atom is -0.444 e. The highest BCUT2D eigenvalue weighted by Gasteiger charge is 2.37. The van der Waals surface area contributed by atoms with Crippen molar-refractivity contribution in [3.63, 3.8) is 0 Å². The van der Waals surface area contributed by atoms with E-state index in [4.69, 9.17) is 10.5 Å². The van der Waals surface area contributed by atoms with E-state index in [9.17, 15) is 19.2 Å². The van der Waals surface area contributed by atoms with Crippen molar-refractivity contribution in [3.8, 4) is 0 Å². The van der Waals surface area contributed by atoms with E-state index >= 15 is 0 Å². The molecule has 2 atom stereocenters. The number of hydrogen-bond donors (Lipinski definition) is 3. The Balaban J connectivity index is 2.64. The van der Waals surface area contributed by atoms with Gasteiger partial charge in [-0.1, -0.05) is 73.7 Å². The number of nitrogens with zero attached hydrogens (tertiary/aromatic N) is 1. The van der Waals surface area contributed by atoms with Crippen molar-refractivity contribution in [2.75, 3.05) is 11.9 Å². The van der Waals surface area contributed by atoms with Crippen LogP contribution < -0.4 is 16.4 Å². The Morgan fingerprint density at radius 1 is 0.929 bits per heavy atom. The van der Waals surface area contributed by atoms with Crippen LogP contribution in [0.25, 0.3) is 0 Å². The standard InChI is InChI=1S/C33H48N4O5/c1-9-10-11-12-16-37(31(40)26(20-27(34)38)35-32(41)42-33(6,7)8)29(25-18-21(2)17-22(3)19-25)30(39)36-28-23(4)14-13-15-24(28)5/h13-15,17-19,26,29H,9-12,16,20H2,1-8H3,(H2,34,38)(H,35,41)(H,36,39). The molecule has 0 bridgehead atoms. The van der Waals surface area contributed by atoms with E-state index in [2.05, 4.69) is 17.6 Å². The van der Waals surface area contributed by atoms with Crippen molar-refractivity contribution >= 4 is 29.5 Å². The van der Waals surface area contributed by atoms with Gasteiger partial charge in [-0.25, -0.2) is 4.79 Å². The summed E-state index contributed by atoms with van der Waals surface area (Å²) in [6.07, 6.45) is 2.14. The summed E-state index contributed by atoms with van der Waals surface area (Å²) in [5.74, 6) is -1.74. The van der Waals surface area contributed by atoms with Crippen molar-refractivity contribution in [3.05, 3.63) is 64.2 Å². The van der Waals surface area contributed by atoms with E-state index in [1.165, 1.54) is 4.90 Å². The van der Waals surface area contributed by atoms with Crippen LogP contribution in [-0.4, -0.2) is 46.9 Å². The lowest BCUT2D eigenvalue weighted by atomic mass is 9.97. The van der Waals surface area contributed by atoms with E-state index < -0.39 is 47.9 Å². The SMILES string of the molecule is CCCCCCN(C(=O)C(CC(N)=O)NC(=O)OC(C)(C)C)C(C(=O)Nc1c(C)cccc1C)c1cc(C)cc(C)c1. The number of nitrogens with two attached hydrogens (primary N) is 1. The van der Waals surface area contributed by atoms with Crippen LogP contribution in [-0.2, 0) is 19.1 Å². The first-order valence-electron chi connectivity index (χ1n) is 14.7. The van der Waals surface area contributed by atoms with E-state index in [0.717, 1.165) is 41.5 Å². The highest BCUT2D eigenvalue weighted by Crippen LogP contribution is 2.29. The Morgan fingerprint density at radius 3 is 2.05 bits per heavy atom. The van der Waals surface area contributed by atoms with Crippen molar-refractivity contribution in [2.45, 2.75) is 105 Å². The first-order valence-corrected chi connectivity index (χ1v) is 14.7. The van der Waals surface area contributed by atoms with Gasteiger partial charge in [0.15, 0.2) is 0 Å². The monoisotopic (exact) mass is 580 g/mol. The summed E-state index contributed by atoms with van der Waals surface area (Å²) < 4.78 is 5.37. The van der Waals surface area contributed by atoms with E-state index in [1.54, 1.807) is 20.8 Å². The molecule has 4 amide bonds. The maximum absolute atomic E-state index is 14.3. The molecular formula is C33H48N4O5. The second-order valence-corrected chi connectivity index (χ2v) is 12.0. The summed E-state index contributed by atoms with van der Waals surface area (Å²) in [6, 6.07) is 9.17. The molecule has 0 aliphatic rings. The number of rotatable bonds is 13. The van der Waals surface area contributed by atoms with Crippen molar-refractivity contribution in [1.82, 2.24) is 10.2 Å². The number of carbonyl (C=O) groups excluding carboxylic acids is 4. The topological polar surface area (TPSA) is 131 Å². The molecule has 2 rings (SSSR count). The molecule has 2 aromatic carbocycles. The second kappa shape index (κ2) is 15.4. The molecule has 0 aromatic heterocycles. The average molecular weight is 581 g/mol. The summed E-state index contributed by atoms with van der Waals surface area (Å²) in [5.41, 5.74) is 9.66. The largest absolute Gasteiger partial charge is 0.444 e. The first-order chi connectivity index (χ1) is 19.6. The summed E-state index contributed by atoms with van der Waals surface area (Å²) >= 11 is 0. The Bertz CT molecular complexity index is 1230. The molecule has 0 saturated carbocycles. The summed E-state index contributed by atoms with van der Waals surface area (Å²) in [4.78, 5) is 54.8. The van der Waals surface area contributed by atoms with Gasteiger partial charge in [0.05, 0.1) is 6.42 Å². The molecule has 0 aliphatic carbocycles. The molecule has 0 fully saturated rings. The quantitative estimate of drug-likeness (QED) is 0.259. The lowest BCUT2D eigenvalue weighted by molar-refractivity contribution is -0.142. The number of anilines is 1.